The van der Waals surface area contributed by atoms with Crippen LogP contribution in [-0.4, -0.2) is 26.8 Å². The minimum atomic E-state index is -0.909. The molecule has 3 N–H and O–H groups in total. The number of non-ortho nitro benzene ring substituents is 2. The van der Waals surface area contributed by atoms with Crippen LogP contribution >= 0.6 is 12.2 Å². The molecule has 0 aliphatic carbocycles. The summed E-state index contributed by atoms with van der Waals surface area (Å²) in [4.78, 5) is 44.0. The van der Waals surface area contributed by atoms with Gasteiger partial charge in [0.25, 0.3) is 17.3 Å². The zero-order chi connectivity index (χ0) is 21.4. The first-order valence-electron chi connectivity index (χ1n) is 8.14. The number of aryl methyl sites for hydroxylation is 1. The highest BCUT2D eigenvalue weighted by molar-refractivity contribution is 7.80. The molecule has 0 atom stereocenters. The van der Waals surface area contributed by atoms with Gasteiger partial charge in [-0.15, -0.1) is 0 Å². The van der Waals surface area contributed by atoms with Gasteiger partial charge in [0.1, 0.15) is 0 Å². The molecule has 0 saturated heterocycles. The highest BCUT2D eigenvalue weighted by atomic mass is 32.1. The number of nitro groups is 2. The van der Waals surface area contributed by atoms with Crippen molar-refractivity contribution in [3.8, 4) is 0 Å². The molecule has 11 nitrogen and oxygen atoms in total. The van der Waals surface area contributed by atoms with Crippen LogP contribution in [0.2, 0.25) is 0 Å². The number of amides is 2. The number of rotatable bonds is 6. The number of hydrogen-bond acceptors (Lipinski definition) is 7. The Morgan fingerprint density at radius 3 is 2.07 bits per heavy atom. The van der Waals surface area contributed by atoms with Crippen LogP contribution in [0.25, 0.3) is 0 Å². The fourth-order valence-corrected chi connectivity index (χ4v) is 2.38. The Balaban J connectivity index is 1.90. The molecule has 0 fully saturated rings. The third kappa shape index (κ3) is 6.62. The Morgan fingerprint density at radius 1 is 0.931 bits per heavy atom. The summed E-state index contributed by atoms with van der Waals surface area (Å²) in [5.74, 6) is -1.29. The summed E-state index contributed by atoms with van der Waals surface area (Å²) >= 11 is 4.87. The summed E-state index contributed by atoms with van der Waals surface area (Å²) < 4.78 is 0. The smallest absolute Gasteiger partial charge is 0.277 e. The highest BCUT2D eigenvalue weighted by Gasteiger charge is 2.20. The summed E-state index contributed by atoms with van der Waals surface area (Å²) in [7, 11) is 0. The molecule has 0 aliphatic heterocycles. The van der Waals surface area contributed by atoms with Gasteiger partial charge in [0, 0.05) is 18.6 Å². The van der Waals surface area contributed by atoms with Gasteiger partial charge in [-0.2, -0.15) is 0 Å². The van der Waals surface area contributed by atoms with Gasteiger partial charge in [0.05, 0.1) is 21.5 Å². The number of hydrogen-bond donors (Lipinski definition) is 3. The molecule has 12 heteroatoms. The number of thiocarbonyl (C=S) groups is 1. The maximum Gasteiger partial charge on any atom is 0.277 e. The van der Waals surface area contributed by atoms with Crippen LogP contribution < -0.4 is 16.2 Å². The molecular weight excluding hydrogens is 402 g/mol. The van der Waals surface area contributed by atoms with Crippen LogP contribution in [0, 0.1) is 20.2 Å². The van der Waals surface area contributed by atoms with E-state index in [9.17, 15) is 29.8 Å². The predicted molar refractivity (Wildman–Crippen MR) is 106 cm³/mol. The number of nitrogens with one attached hydrogen (secondary N) is 3. The van der Waals surface area contributed by atoms with E-state index in [-0.39, 0.29) is 23.0 Å². The lowest BCUT2D eigenvalue weighted by Gasteiger charge is -2.11. The maximum absolute atomic E-state index is 12.2. The van der Waals surface area contributed by atoms with Gasteiger partial charge in [0.2, 0.25) is 5.91 Å². The second-order valence-corrected chi connectivity index (χ2v) is 6.10. The monoisotopic (exact) mass is 417 g/mol. The molecule has 0 spiro atoms. The number of nitro benzene ring substituents is 2. The quantitative estimate of drug-likeness (QED) is 0.365. The van der Waals surface area contributed by atoms with Crippen LogP contribution in [0.3, 0.4) is 0 Å². The summed E-state index contributed by atoms with van der Waals surface area (Å²) in [5, 5.41) is 23.7. The van der Waals surface area contributed by atoms with Crippen molar-refractivity contribution in [2.45, 2.75) is 12.8 Å². The van der Waals surface area contributed by atoms with Crippen LogP contribution in [0.15, 0.2) is 48.5 Å². The number of carbonyl (C=O) groups excluding carboxylic acids is 2. The Bertz CT molecular complexity index is 934. The van der Waals surface area contributed by atoms with Gasteiger partial charge in [-0.05, 0) is 24.2 Å². The Morgan fingerprint density at radius 2 is 1.52 bits per heavy atom. The molecule has 0 heterocycles. The van der Waals surface area contributed by atoms with Gasteiger partial charge in [0.15, 0.2) is 5.11 Å². The van der Waals surface area contributed by atoms with E-state index in [1.807, 2.05) is 30.3 Å². The average Bonchev–Trinajstić information content (AvgIpc) is 2.71. The van der Waals surface area contributed by atoms with E-state index in [1.165, 1.54) is 0 Å². The fraction of sp³-hybridized carbons (Fsp3) is 0.118. The van der Waals surface area contributed by atoms with Crippen molar-refractivity contribution >= 4 is 40.5 Å². The minimum Gasteiger partial charge on any atom is -0.298 e. The predicted octanol–water partition coefficient (Wildman–Crippen LogP) is 1.77. The summed E-state index contributed by atoms with van der Waals surface area (Å²) in [6, 6.07) is 11.8. The molecule has 150 valence electrons. The molecule has 2 aromatic rings. The molecule has 0 bridgehead atoms. The van der Waals surface area contributed by atoms with Gasteiger partial charge in [-0.25, -0.2) is 0 Å². The van der Waals surface area contributed by atoms with Crippen molar-refractivity contribution in [1.82, 2.24) is 16.2 Å². The molecule has 2 amide bonds. The summed E-state index contributed by atoms with van der Waals surface area (Å²) in [5.41, 5.74) is 4.06. The van der Waals surface area contributed by atoms with Crippen molar-refractivity contribution in [1.29, 1.82) is 0 Å². The van der Waals surface area contributed by atoms with E-state index in [2.05, 4.69) is 16.2 Å². The van der Waals surface area contributed by atoms with E-state index in [0.717, 1.165) is 23.8 Å². The van der Waals surface area contributed by atoms with Crippen molar-refractivity contribution in [2.24, 2.45) is 0 Å². The Kier molecular flexibility index (Phi) is 7.26. The first-order chi connectivity index (χ1) is 13.8. The van der Waals surface area contributed by atoms with E-state index in [0.29, 0.717) is 6.42 Å². The molecular formula is C17H15N5O6S. The van der Waals surface area contributed by atoms with Gasteiger partial charge >= 0.3 is 0 Å². The largest absolute Gasteiger partial charge is 0.298 e. The van der Waals surface area contributed by atoms with Crippen molar-refractivity contribution in [3.63, 3.8) is 0 Å². The third-order valence-corrected chi connectivity index (χ3v) is 3.82. The molecule has 0 aromatic heterocycles. The molecule has 0 unspecified atom stereocenters. The third-order valence-electron chi connectivity index (χ3n) is 3.61. The van der Waals surface area contributed by atoms with E-state index >= 15 is 0 Å². The topological polar surface area (TPSA) is 157 Å². The van der Waals surface area contributed by atoms with E-state index < -0.39 is 27.1 Å². The molecule has 29 heavy (non-hydrogen) atoms. The lowest BCUT2D eigenvalue weighted by molar-refractivity contribution is -0.394. The zero-order valence-corrected chi connectivity index (χ0v) is 15.6. The lowest BCUT2D eigenvalue weighted by atomic mass is 10.1. The van der Waals surface area contributed by atoms with Crippen molar-refractivity contribution in [3.05, 3.63) is 79.9 Å². The van der Waals surface area contributed by atoms with Gasteiger partial charge in [-0.1, -0.05) is 30.3 Å². The van der Waals surface area contributed by atoms with Crippen LogP contribution in [0.4, 0.5) is 11.4 Å². The second-order valence-electron chi connectivity index (χ2n) is 5.69. The standard InChI is InChI=1S/C17H15N5O6S/c23-15(7-6-11-4-2-1-3-5-11)19-20-17(29)18-16(24)12-8-13(21(25)26)10-14(9-12)22(27)28/h1-5,8-10H,6-7H2,(H,19,23)(H2,18,20,24,29). The first-order valence-corrected chi connectivity index (χ1v) is 8.55. The Labute approximate surface area is 169 Å². The second kappa shape index (κ2) is 9.85. The van der Waals surface area contributed by atoms with E-state index in [4.69, 9.17) is 12.2 Å². The molecule has 0 radical (unpaired) electrons. The highest BCUT2D eigenvalue weighted by Crippen LogP contribution is 2.22. The number of benzene rings is 2. The Hall–Kier alpha value is -3.93. The number of nitrogens with zero attached hydrogens (tertiary/aromatic N) is 2. The maximum atomic E-state index is 12.2. The fourth-order valence-electron chi connectivity index (χ4n) is 2.24. The molecule has 0 aliphatic rings. The number of hydrazine groups is 1. The number of carbonyl (C=O) groups is 2. The molecule has 0 saturated carbocycles. The average molecular weight is 417 g/mol. The first kappa shape index (κ1) is 21.4. The van der Waals surface area contributed by atoms with Gasteiger partial charge in [-0.3, -0.25) is 46.0 Å². The molecule has 2 aromatic carbocycles. The van der Waals surface area contributed by atoms with Crippen molar-refractivity contribution in [2.75, 3.05) is 0 Å². The SMILES string of the molecule is O=C(CCc1ccccc1)NNC(=S)NC(=O)c1cc([N+](=O)[O-])cc([N+](=O)[O-])c1. The normalized spacial score (nSPS) is 9.93. The van der Waals surface area contributed by atoms with E-state index in [1.54, 1.807) is 0 Å². The van der Waals surface area contributed by atoms with Gasteiger partial charge < -0.3 is 0 Å². The minimum absolute atomic E-state index is 0.171. The van der Waals surface area contributed by atoms with Crippen LogP contribution in [-0.2, 0) is 11.2 Å². The zero-order valence-electron chi connectivity index (χ0n) is 14.8. The van der Waals surface area contributed by atoms with Crippen LogP contribution in [0.5, 0.6) is 0 Å². The lowest BCUT2D eigenvalue weighted by Crippen LogP contribution is -2.48. The summed E-state index contributed by atoms with van der Waals surface area (Å²) in [6.07, 6.45) is 0.676. The van der Waals surface area contributed by atoms with Crippen LogP contribution in [0.1, 0.15) is 22.3 Å². The molecule has 2 rings (SSSR count). The van der Waals surface area contributed by atoms with Crippen molar-refractivity contribution < 1.29 is 19.4 Å². The summed E-state index contributed by atoms with van der Waals surface area (Å²) in [6.45, 7) is 0.